The summed E-state index contributed by atoms with van der Waals surface area (Å²) in [6.07, 6.45) is 0. The molecule has 0 aliphatic heterocycles. The lowest BCUT2D eigenvalue weighted by Gasteiger charge is -1.95. The van der Waals surface area contributed by atoms with Crippen molar-refractivity contribution in [1.82, 2.24) is 9.97 Å². The minimum atomic E-state index is 0. The minimum absolute atomic E-state index is 0. The molecule has 1 N–H and O–H groups in total. The van der Waals surface area contributed by atoms with Gasteiger partial charge in [0.1, 0.15) is 0 Å². The summed E-state index contributed by atoms with van der Waals surface area (Å²) < 4.78 is 0. The number of fused-ring (bicyclic) bond motifs is 1. The first kappa shape index (κ1) is 14.3. The summed E-state index contributed by atoms with van der Waals surface area (Å²) >= 11 is 2.92. The van der Waals surface area contributed by atoms with Crippen LogP contribution in [0.4, 0.5) is 0 Å². The number of para-hydroxylation sites is 2. The molecule has 1 aromatic carbocycles. The Morgan fingerprint density at radius 2 is 2.11 bits per heavy atom. The fourth-order valence-corrected chi connectivity index (χ4v) is 3.16. The second kappa shape index (κ2) is 6.36. The predicted octanol–water partition coefficient (Wildman–Crippen LogP) is 4.18. The average molecular weight is 355 g/mol. The molecular formula is C13H11BrN2OS2. The predicted molar refractivity (Wildman–Crippen MR) is 85.8 cm³/mol. The molecule has 3 rings (SSSR count). The van der Waals surface area contributed by atoms with Gasteiger partial charge in [-0.2, -0.15) is 0 Å². The highest BCUT2D eigenvalue weighted by Crippen LogP contribution is 2.21. The topological polar surface area (TPSA) is 45.8 Å². The highest BCUT2D eigenvalue weighted by atomic mass is 79.9. The molecule has 0 amide bonds. The van der Waals surface area contributed by atoms with Crippen molar-refractivity contribution in [2.45, 2.75) is 5.16 Å². The summed E-state index contributed by atoms with van der Waals surface area (Å²) in [4.78, 5) is 20.3. The van der Waals surface area contributed by atoms with Gasteiger partial charge in [-0.25, -0.2) is 4.98 Å². The van der Waals surface area contributed by atoms with Gasteiger partial charge in [0.15, 0.2) is 10.9 Å². The minimum Gasteiger partial charge on any atom is -0.333 e. The van der Waals surface area contributed by atoms with Gasteiger partial charge in [-0.1, -0.05) is 30.0 Å². The number of hydrogen-bond acceptors (Lipinski definition) is 4. The summed E-state index contributed by atoms with van der Waals surface area (Å²) in [5.41, 5.74) is 1.94. The number of hydrogen-bond donors (Lipinski definition) is 1. The smallest absolute Gasteiger partial charge is 0.183 e. The zero-order valence-electron chi connectivity index (χ0n) is 9.83. The fourth-order valence-electron chi connectivity index (χ4n) is 1.64. The van der Waals surface area contributed by atoms with Gasteiger partial charge in [-0.15, -0.1) is 28.3 Å². The molecule has 0 saturated carbocycles. The molecule has 0 atom stereocenters. The van der Waals surface area contributed by atoms with Gasteiger partial charge >= 0.3 is 0 Å². The SMILES string of the molecule is Br.O=C(CSc1nc2ccccc2[nH]1)c1cccs1. The van der Waals surface area contributed by atoms with E-state index >= 15 is 0 Å². The molecule has 3 aromatic rings. The number of benzene rings is 1. The number of thiophene rings is 1. The molecule has 98 valence electrons. The molecule has 2 aromatic heterocycles. The maximum atomic E-state index is 11.8. The van der Waals surface area contributed by atoms with Gasteiger partial charge in [-0.3, -0.25) is 4.79 Å². The van der Waals surface area contributed by atoms with Crippen molar-refractivity contribution >= 4 is 56.9 Å². The molecule has 0 fully saturated rings. The molecular weight excluding hydrogens is 344 g/mol. The lowest BCUT2D eigenvalue weighted by atomic mass is 10.3. The van der Waals surface area contributed by atoms with Crippen molar-refractivity contribution in [3.8, 4) is 0 Å². The number of rotatable bonds is 4. The Kier molecular flexibility index (Phi) is 4.79. The molecule has 0 unspecified atom stereocenters. The quantitative estimate of drug-likeness (QED) is 0.564. The molecule has 2 heterocycles. The number of ketones is 1. The molecule has 0 aliphatic carbocycles. The number of aromatic nitrogens is 2. The van der Waals surface area contributed by atoms with Crippen molar-refractivity contribution in [2.24, 2.45) is 0 Å². The van der Waals surface area contributed by atoms with E-state index in [2.05, 4.69) is 9.97 Å². The molecule has 3 nitrogen and oxygen atoms in total. The normalized spacial score (nSPS) is 10.3. The van der Waals surface area contributed by atoms with Gasteiger partial charge in [0.2, 0.25) is 0 Å². The first-order chi connectivity index (χ1) is 8.83. The maximum absolute atomic E-state index is 11.8. The molecule has 0 aliphatic rings. The molecule has 0 bridgehead atoms. The third-order valence-electron chi connectivity index (χ3n) is 2.50. The van der Waals surface area contributed by atoms with E-state index in [1.165, 1.54) is 23.1 Å². The number of H-pyrrole nitrogens is 1. The van der Waals surface area contributed by atoms with Crippen LogP contribution < -0.4 is 0 Å². The third kappa shape index (κ3) is 3.26. The fraction of sp³-hybridized carbons (Fsp3) is 0.0769. The van der Waals surface area contributed by atoms with Crippen LogP contribution in [-0.2, 0) is 0 Å². The average Bonchev–Trinajstić information content (AvgIpc) is 3.04. The van der Waals surface area contributed by atoms with Crippen LogP contribution in [0, 0.1) is 0 Å². The van der Waals surface area contributed by atoms with E-state index in [0.29, 0.717) is 5.75 Å². The first-order valence-electron chi connectivity index (χ1n) is 5.47. The first-order valence-corrected chi connectivity index (χ1v) is 7.34. The molecule has 19 heavy (non-hydrogen) atoms. The van der Waals surface area contributed by atoms with E-state index in [1.807, 2.05) is 41.8 Å². The number of carbonyl (C=O) groups is 1. The number of thioether (sulfide) groups is 1. The highest BCUT2D eigenvalue weighted by Gasteiger charge is 2.09. The van der Waals surface area contributed by atoms with Gasteiger partial charge in [0.05, 0.1) is 21.7 Å². The summed E-state index contributed by atoms with van der Waals surface area (Å²) in [5, 5.41) is 2.71. The van der Waals surface area contributed by atoms with Crippen molar-refractivity contribution in [1.29, 1.82) is 0 Å². The van der Waals surface area contributed by atoms with Crippen LogP contribution in [0.2, 0.25) is 0 Å². The van der Waals surface area contributed by atoms with E-state index in [9.17, 15) is 4.79 Å². The van der Waals surface area contributed by atoms with Gasteiger partial charge in [-0.05, 0) is 23.6 Å². The van der Waals surface area contributed by atoms with Crippen LogP contribution >= 0.6 is 40.1 Å². The van der Waals surface area contributed by atoms with Crippen LogP contribution in [0.3, 0.4) is 0 Å². The summed E-state index contributed by atoms with van der Waals surface area (Å²) in [6.45, 7) is 0. The van der Waals surface area contributed by atoms with E-state index in [0.717, 1.165) is 21.1 Å². The molecule has 0 spiro atoms. The van der Waals surface area contributed by atoms with Gasteiger partial charge in [0.25, 0.3) is 0 Å². The Morgan fingerprint density at radius 3 is 2.84 bits per heavy atom. The van der Waals surface area contributed by atoms with Gasteiger partial charge < -0.3 is 4.98 Å². The lowest BCUT2D eigenvalue weighted by molar-refractivity contribution is 0.102. The van der Waals surface area contributed by atoms with Crippen molar-refractivity contribution in [3.63, 3.8) is 0 Å². The zero-order valence-corrected chi connectivity index (χ0v) is 13.2. The Morgan fingerprint density at radius 1 is 1.26 bits per heavy atom. The van der Waals surface area contributed by atoms with E-state index in [-0.39, 0.29) is 22.8 Å². The highest BCUT2D eigenvalue weighted by molar-refractivity contribution is 8.93. The molecule has 6 heteroatoms. The van der Waals surface area contributed by atoms with Crippen LogP contribution in [0.25, 0.3) is 11.0 Å². The standard InChI is InChI=1S/C13H10N2OS2.BrH/c16-11(12-6-3-7-17-12)8-18-13-14-9-4-1-2-5-10(9)15-13;/h1-7H,8H2,(H,14,15);1H. The number of nitrogens with zero attached hydrogens (tertiary/aromatic N) is 1. The van der Waals surface area contributed by atoms with E-state index < -0.39 is 0 Å². The Balaban J connectivity index is 0.00000133. The number of halogens is 1. The van der Waals surface area contributed by atoms with E-state index in [4.69, 9.17) is 0 Å². The summed E-state index contributed by atoms with van der Waals surface area (Å²) in [5.74, 6) is 0.566. The number of Topliss-reactive ketones (excluding diaryl/α,β-unsaturated/α-hetero) is 1. The van der Waals surface area contributed by atoms with Crippen molar-refractivity contribution in [3.05, 3.63) is 46.7 Å². The Hall–Kier alpha value is -1.11. The van der Waals surface area contributed by atoms with Crippen molar-refractivity contribution < 1.29 is 4.79 Å². The van der Waals surface area contributed by atoms with Gasteiger partial charge in [0, 0.05) is 0 Å². The van der Waals surface area contributed by atoms with Crippen LogP contribution in [0.15, 0.2) is 46.9 Å². The second-order valence-corrected chi connectivity index (χ2v) is 5.66. The number of aromatic amines is 1. The zero-order chi connectivity index (χ0) is 12.4. The molecule has 0 saturated heterocycles. The second-order valence-electron chi connectivity index (χ2n) is 3.75. The number of imidazole rings is 1. The maximum Gasteiger partial charge on any atom is 0.183 e. The third-order valence-corrected chi connectivity index (χ3v) is 4.29. The Bertz CT molecular complexity index is 646. The summed E-state index contributed by atoms with van der Waals surface area (Å²) in [6, 6.07) is 11.6. The van der Waals surface area contributed by atoms with Crippen LogP contribution in [0.5, 0.6) is 0 Å². The monoisotopic (exact) mass is 354 g/mol. The summed E-state index contributed by atoms with van der Waals surface area (Å²) in [7, 11) is 0. The molecule has 0 radical (unpaired) electrons. The van der Waals surface area contributed by atoms with Crippen molar-refractivity contribution in [2.75, 3.05) is 5.75 Å². The van der Waals surface area contributed by atoms with Crippen LogP contribution in [-0.4, -0.2) is 21.5 Å². The lowest BCUT2D eigenvalue weighted by Crippen LogP contribution is -1.99. The number of nitrogens with one attached hydrogen (secondary N) is 1. The van der Waals surface area contributed by atoms with Crippen LogP contribution in [0.1, 0.15) is 9.67 Å². The number of carbonyl (C=O) groups excluding carboxylic acids is 1. The van der Waals surface area contributed by atoms with E-state index in [1.54, 1.807) is 0 Å². The largest absolute Gasteiger partial charge is 0.333 e. The Labute approximate surface area is 129 Å².